The van der Waals surface area contributed by atoms with Gasteiger partial charge in [-0.25, -0.2) is 0 Å². The fraction of sp³-hybridized carbons (Fsp3) is 0.864. The van der Waals surface area contributed by atoms with Crippen LogP contribution in [0.1, 0.15) is 79.6 Å². The highest BCUT2D eigenvalue weighted by Crippen LogP contribution is 2.21. The Labute approximate surface area is 176 Å². The van der Waals surface area contributed by atoms with E-state index in [1.807, 2.05) is 6.92 Å². The van der Waals surface area contributed by atoms with E-state index in [1.165, 1.54) is 0 Å². The van der Waals surface area contributed by atoms with E-state index in [4.69, 9.17) is 15.2 Å². The fourth-order valence-corrected chi connectivity index (χ4v) is 3.88. The number of primary amides is 1. The number of rotatable bonds is 17. The van der Waals surface area contributed by atoms with Crippen molar-refractivity contribution in [2.45, 2.75) is 85.6 Å². The lowest BCUT2D eigenvalue weighted by Gasteiger charge is -2.34. The SMILES string of the molecule is CCC[C@H](CC(=O)OCC)CN(C[C@H](CCC)CC(=O)OCC)[C@@H](CC)C(N)=O. The van der Waals surface area contributed by atoms with E-state index >= 15 is 0 Å². The molecule has 2 N–H and O–H groups in total. The third-order valence-electron chi connectivity index (χ3n) is 5.06. The zero-order valence-electron chi connectivity index (χ0n) is 19.1. The lowest BCUT2D eigenvalue weighted by atomic mass is 9.94. The van der Waals surface area contributed by atoms with E-state index in [0.717, 1.165) is 25.7 Å². The summed E-state index contributed by atoms with van der Waals surface area (Å²) >= 11 is 0. The highest BCUT2D eigenvalue weighted by molar-refractivity contribution is 5.79. The number of nitrogens with zero attached hydrogens (tertiary/aromatic N) is 1. The van der Waals surface area contributed by atoms with Crippen LogP contribution in [0.5, 0.6) is 0 Å². The quantitative estimate of drug-likeness (QED) is 0.367. The van der Waals surface area contributed by atoms with Crippen molar-refractivity contribution in [3.05, 3.63) is 0 Å². The molecule has 7 nitrogen and oxygen atoms in total. The van der Waals surface area contributed by atoms with Crippen molar-refractivity contribution in [3.63, 3.8) is 0 Å². The summed E-state index contributed by atoms with van der Waals surface area (Å²) in [5.74, 6) is -0.635. The molecule has 1 amide bonds. The molecule has 0 aliphatic carbocycles. The molecule has 0 aromatic heterocycles. The van der Waals surface area contributed by atoms with Crippen LogP contribution in [0.3, 0.4) is 0 Å². The normalized spacial score (nSPS) is 14.3. The zero-order chi connectivity index (χ0) is 22.2. The lowest BCUT2D eigenvalue weighted by molar-refractivity contribution is -0.145. The van der Waals surface area contributed by atoms with E-state index in [-0.39, 0.29) is 29.7 Å². The summed E-state index contributed by atoms with van der Waals surface area (Å²) in [7, 11) is 0. The van der Waals surface area contributed by atoms with E-state index in [0.29, 0.717) is 45.6 Å². The van der Waals surface area contributed by atoms with Crippen molar-refractivity contribution in [1.82, 2.24) is 4.90 Å². The van der Waals surface area contributed by atoms with Gasteiger partial charge in [-0.05, 0) is 44.9 Å². The third kappa shape index (κ3) is 11.8. The second-order valence-electron chi connectivity index (χ2n) is 7.61. The van der Waals surface area contributed by atoms with Gasteiger partial charge in [-0.15, -0.1) is 0 Å². The number of hydrogen-bond donors (Lipinski definition) is 1. The van der Waals surface area contributed by atoms with E-state index in [9.17, 15) is 14.4 Å². The maximum atomic E-state index is 12.1. The lowest BCUT2D eigenvalue weighted by Crippen LogP contribution is -2.48. The Balaban J connectivity index is 5.43. The van der Waals surface area contributed by atoms with Crippen LogP contribution in [-0.2, 0) is 23.9 Å². The maximum absolute atomic E-state index is 12.1. The molecule has 0 fully saturated rings. The zero-order valence-corrected chi connectivity index (χ0v) is 19.1. The highest BCUT2D eigenvalue weighted by Gasteiger charge is 2.29. The van der Waals surface area contributed by atoms with Gasteiger partial charge in [-0.2, -0.15) is 0 Å². The molecule has 0 aromatic rings. The fourth-order valence-electron chi connectivity index (χ4n) is 3.88. The molecule has 7 heteroatoms. The molecule has 0 spiro atoms. The van der Waals surface area contributed by atoms with Gasteiger partial charge in [0.1, 0.15) is 0 Å². The van der Waals surface area contributed by atoms with Crippen LogP contribution in [0.15, 0.2) is 0 Å². The first kappa shape index (κ1) is 27.4. The monoisotopic (exact) mass is 414 g/mol. The molecular formula is C22H42N2O5. The van der Waals surface area contributed by atoms with Crippen molar-refractivity contribution in [3.8, 4) is 0 Å². The van der Waals surface area contributed by atoms with Crippen LogP contribution in [-0.4, -0.2) is 55.1 Å². The summed E-state index contributed by atoms with van der Waals surface area (Å²) < 4.78 is 10.2. The molecule has 0 aliphatic heterocycles. The van der Waals surface area contributed by atoms with Crippen molar-refractivity contribution >= 4 is 17.8 Å². The number of esters is 2. The first-order chi connectivity index (χ1) is 13.8. The molecule has 0 heterocycles. The molecule has 29 heavy (non-hydrogen) atoms. The molecular weight excluding hydrogens is 372 g/mol. The minimum atomic E-state index is -0.418. The van der Waals surface area contributed by atoms with Gasteiger partial charge in [0.25, 0.3) is 0 Å². The summed E-state index contributed by atoms with van der Waals surface area (Å²) in [6.45, 7) is 11.6. The van der Waals surface area contributed by atoms with Gasteiger partial charge in [-0.1, -0.05) is 33.6 Å². The number of ether oxygens (including phenoxy) is 2. The van der Waals surface area contributed by atoms with Gasteiger partial charge >= 0.3 is 11.9 Å². The molecule has 170 valence electrons. The van der Waals surface area contributed by atoms with Crippen LogP contribution in [0.25, 0.3) is 0 Å². The number of carbonyl (C=O) groups excluding carboxylic acids is 3. The first-order valence-electron chi connectivity index (χ1n) is 11.2. The molecule has 0 radical (unpaired) electrons. The summed E-state index contributed by atoms with van der Waals surface area (Å²) in [6, 6.07) is -0.418. The van der Waals surface area contributed by atoms with Crippen LogP contribution in [0, 0.1) is 11.8 Å². The Morgan fingerprint density at radius 1 is 0.793 bits per heavy atom. The Kier molecular flexibility index (Phi) is 15.3. The van der Waals surface area contributed by atoms with Gasteiger partial charge in [0.2, 0.25) is 5.91 Å². The van der Waals surface area contributed by atoms with Gasteiger partial charge in [-0.3, -0.25) is 19.3 Å². The van der Waals surface area contributed by atoms with E-state index in [1.54, 1.807) is 13.8 Å². The largest absolute Gasteiger partial charge is 0.466 e. The molecule has 3 atom stereocenters. The molecule has 0 aromatic carbocycles. The third-order valence-corrected chi connectivity index (χ3v) is 5.06. The van der Waals surface area contributed by atoms with Gasteiger partial charge in [0.05, 0.1) is 19.3 Å². The van der Waals surface area contributed by atoms with Crippen LogP contribution < -0.4 is 5.73 Å². The molecule has 0 bridgehead atoms. The number of nitrogens with two attached hydrogens (primary N) is 1. The van der Waals surface area contributed by atoms with Crippen LogP contribution in [0.4, 0.5) is 0 Å². The minimum Gasteiger partial charge on any atom is -0.466 e. The Morgan fingerprint density at radius 3 is 1.48 bits per heavy atom. The minimum absolute atomic E-state index is 0.0809. The van der Waals surface area contributed by atoms with E-state index in [2.05, 4.69) is 18.7 Å². The smallest absolute Gasteiger partial charge is 0.306 e. The predicted octanol–water partition coefficient (Wildman–Crippen LogP) is 3.29. The molecule has 0 rings (SSSR count). The Bertz CT molecular complexity index is 452. The number of carbonyl (C=O) groups is 3. The average molecular weight is 415 g/mol. The summed E-state index contributed by atoms with van der Waals surface area (Å²) in [5.41, 5.74) is 5.68. The van der Waals surface area contributed by atoms with Crippen molar-refractivity contribution in [2.24, 2.45) is 17.6 Å². The van der Waals surface area contributed by atoms with Crippen LogP contribution >= 0.6 is 0 Å². The standard InChI is InChI=1S/C22H42N2O5/c1-6-11-17(13-20(25)28-9-4)15-24(19(8-3)22(23)27)16-18(12-7-2)14-21(26)29-10-5/h17-19H,6-16H2,1-5H3,(H2,23,27)/t17-,18-,19+/m1/s1. The molecule has 0 unspecified atom stereocenters. The maximum Gasteiger partial charge on any atom is 0.306 e. The van der Waals surface area contributed by atoms with E-state index < -0.39 is 6.04 Å². The van der Waals surface area contributed by atoms with Crippen molar-refractivity contribution < 1.29 is 23.9 Å². The molecule has 0 saturated carbocycles. The summed E-state index contributed by atoms with van der Waals surface area (Å²) in [4.78, 5) is 38.2. The first-order valence-corrected chi connectivity index (χ1v) is 11.2. The summed E-state index contributed by atoms with van der Waals surface area (Å²) in [5, 5.41) is 0. The van der Waals surface area contributed by atoms with Crippen molar-refractivity contribution in [2.75, 3.05) is 26.3 Å². The van der Waals surface area contributed by atoms with Gasteiger partial charge < -0.3 is 15.2 Å². The van der Waals surface area contributed by atoms with Crippen LogP contribution in [0.2, 0.25) is 0 Å². The number of hydrogen-bond acceptors (Lipinski definition) is 6. The Hall–Kier alpha value is -1.63. The molecule has 0 aliphatic rings. The van der Waals surface area contributed by atoms with Crippen molar-refractivity contribution in [1.29, 1.82) is 0 Å². The summed E-state index contributed by atoms with van der Waals surface area (Å²) in [6.07, 6.45) is 4.83. The highest BCUT2D eigenvalue weighted by atomic mass is 16.5. The average Bonchev–Trinajstić information content (AvgIpc) is 2.62. The van der Waals surface area contributed by atoms with Gasteiger partial charge in [0.15, 0.2) is 0 Å². The van der Waals surface area contributed by atoms with Gasteiger partial charge in [0, 0.05) is 25.9 Å². The number of amides is 1. The predicted molar refractivity (Wildman–Crippen MR) is 114 cm³/mol. The molecule has 0 saturated heterocycles. The second-order valence-corrected chi connectivity index (χ2v) is 7.61. The second kappa shape index (κ2) is 16.2. The topological polar surface area (TPSA) is 98.9 Å². The Morgan fingerprint density at radius 2 is 1.21 bits per heavy atom.